The van der Waals surface area contributed by atoms with Crippen LogP contribution in [0.15, 0.2) is 24.3 Å². The van der Waals surface area contributed by atoms with E-state index in [-0.39, 0.29) is 18.1 Å². The van der Waals surface area contributed by atoms with Crippen LogP contribution in [-0.2, 0) is 22.4 Å². The maximum atomic E-state index is 12.3. The third-order valence-corrected chi connectivity index (χ3v) is 5.27. The zero-order chi connectivity index (χ0) is 18.9. The first-order valence-electron chi connectivity index (χ1n) is 8.55. The highest BCUT2D eigenvalue weighted by atomic mass is 32.1. The van der Waals surface area contributed by atoms with E-state index in [4.69, 9.17) is 9.47 Å². The molecule has 0 aliphatic heterocycles. The van der Waals surface area contributed by atoms with Crippen molar-refractivity contribution in [3.63, 3.8) is 0 Å². The van der Waals surface area contributed by atoms with Crippen molar-refractivity contribution in [1.82, 2.24) is 5.32 Å². The number of rotatable bonds is 4. The van der Waals surface area contributed by atoms with Crippen LogP contribution in [0.4, 0.5) is 0 Å². The van der Waals surface area contributed by atoms with Crippen molar-refractivity contribution in [2.45, 2.75) is 39.2 Å². The highest BCUT2D eigenvalue weighted by Gasteiger charge is 2.23. The number of carbonyl (C=O) groups excluding carboxylic acids is 2. The molecule has 0 fully saturated rings. The minimum atomic E-state index is -0.455. The van der Waals surface area contributed by atoms with Crippen LogP contribution in [0.3, 0.4) is 0 Å². The third-order valence-electron chi connectivity index (χ3n) is 4.08. The lowest BCUT2D eigenvalue weighted by atomic mass is 9.91. The van der Waals surface area contributed by atoms with Crippen molar-refractivity contribution in [1.29, 1.82) is 0 Å². The number of hydrogen-bond acceptors (Lipinski definition) is 5. The molecular formula is C20H23NO4S. The van der Waals surface area contributed by atoms with Crippen LogP contribution < -0.4 is 10.1 Å². The molecule has 1 heterocycles. The standard InChI is InChI=1S/C20H23NO4S/c1-20(2,3)21-17(22)11-25-19(23)16-10-13-6-5-12-9-14(24-4)7-8-15(12)18(13)26-16/h7-10H,5-6,11H2,1-4H3,(H,21,22). The Kier molecular flexibility index (Phi) is 5.05. The smallest absolute Gasteiger partial charge is 0.348 e. The maximum absolute atomic E-state index is 12.3. The normalized spacial score (nSPS) is 12.8. The average Bonchev–Trinajstić information content (AvgIpc) is 3.02. The molecule has 0 bridgehead atoms. The monoisotopic (exact) mass is 373 g/mol. The van der Waals surface area contributed by atoms with E-state index < -0.39 is 5.97 Å². The van der Waals surface area contributed by atoms with E-state index in [1.807, 2.05) is 45.0 Å². The highest BCUT2D eigenvalue weighted by molar-refractivity contribution is 7.17. The Balaban J connectivity index is 1.73. The molecule has 1 amide bonds. The minimum Gasteiger partial charge on any atom is -0.497 e. The van der Waals surface area contributed by atoms with Crippen molar-refractivity contribution in [3.05, 3.63) is 40.3 Å². The van der Waals surface area contributed by atoms with Crippen LogP contribution in [0.2, 0.25) is 0 Å². The maximum Gasteiger partial charge on any atom is 0.348 e. The van der Waals surface area contributed by atoms with E-state index in [9.17, 15) is 9.59 Å². The number of hydrogen-bond donors (Lipinski definition) is 1. The predicted octanol–water partition coefficient (Wildman–Crippen LogP) is 3.59. The summed E-state index contributed by atoms with van der Waals surface area (Å²) in [6.07, 6.45) is 1.79. The minimum absolute atomic E-state index is 0.271. The lowest BCUT2D eigenvalue weighted by Gasteiger charge is -2.20. The molecule has 26 heavy (non-hydrogen) atoms. The lowest BCUT2D eigenvalue weighted by molar-refractivity contribution is -0.125. The number of methoxy groups -OCH3 is 1. The summed E-state index contributed by atoms with van der Waals surface area (Å²) in [7, 11) is 1.66. The molecule has 1 aliphatic carbocycles. The van der Waals surface area contributed by atoms with Gasteiger partial charge in [0.2, 0.25) is 0 Å². The average molecular weight is 373 g/mol. The molecule has 5 nitrogen and oxygen atoms in total. The van der Waals surface area contributed by atoms with E-state index in [0.717, 1.165) is 34.6 Å². The molecule has 2 aromatic rings. The van der Waals surface area contributed by atoms with Gasteiger partial charge in [0.05, 0.1) is 7.11 Å². The summed E-state index contributed by atoms with van der Waals surface area (Å²) < 4.78 is 10.5. The Hall–Kier alpha value is -2.34. The van der Waals surface area contributed by atoms with Gasteiger partial charge < -0.3 is 14.8 Å². The fourth-order valence-electron chi connectivity index (χ4n) is 2.99. The van der Waals surface area contributed by atoms with Crippen molar-refractivity contribution >= 4 is 23.2 Å². The molecule has 0 unspecified atom stereocenters. The summed E-state index contributed by atoms with van der Waals surface area (Å²) in [6.45, 7) is 5.37. The van der Waals surface area contributed by atoms with Gasteiger partial charge >= 0.3 is 5.97 Å². The van der Waals surface area contributed by atoms with Crippen LogP contribution in [0.5, 0.6) is 5.75 Å². The first kappa shape index (κ1) is 18.5. The van der Waals surface area contributed by atoms with Crippen LogP contribution in [0.25, 0.3) is 10.4 Å². The molecule has 0 radical (unpaired) electrons. The van der Waals surface area contributed by atoms with E-state index in [1.165, 1.54) is 16.9 Å². The van der Waals surface area contributed by atoms with Gasteiger partial charge in [-0.15, -0.1) is 11.3 Å². The Morgan fingerprint density at radius 3 is 2.58 bits per heavy atom. The SMILES string of the molecule is COc1ccc2c(c1)CCc1cc(C(=O)OCC(=O)NC(C)(C)C)sc1-2. The zero-order valence-corrected chi connectivity index (χ0v) is 16.3. The molecule has 6 heteroatoms. The van der Waals surface area contributed by atoms with E-state index in [1.54, 1.807) is 7.11 Å². The molecule has 0 saturated carbocycles. The summed E-state index contributed by atoms with van der Waals surface area (Å²) in [5, 5.41) is 2.77. The topological polar surface area (TPSA) is 64.6 Å². The highest BCUT2D eigenvalue weighted by Crippen LogP contribution is 2.40. The lowest BCUT2D eigenvalue weighted by Crippen LogP contribution is -2.42. The number of thiophene rings is 1. The van der Waals surface area contributed by atoms with Crippen molar-refractivity contribution in [2.24, 2.45) is 0 Å². The Labute approximate surface area is 157 Å². The van der Waals surface area contributed by atoms with Gasteiger partial charge in [-0.2, -0.15) is 0 Å². The van der Waals surface area contributed by atoms with Crippen molar-refractivity contribution in [3.8, 4) is 16.2 Å². The number of amides is 1. The molecule has 1 aromatic heterocycles. The van der Waals surface area contributed by atoms with Gasteiger partial charge in [0, 0.05) is 10.4 Å². The summed E-state index contributed by atoms with van der Waals surface area (Å²) in [5.41, 5.74) is 3.17. The van der Waals surface area contributed by atoms with Gasteiger partial charge in [-0.25, -0.2) is 4.79 Å². The first-order chi connectivity index (χ1) is 12.3. The quantitative estimate of drug-likeness (QED) is 0.832. The molecule has 0 spiro atoms. The Bertz CT molecular complexity index is 848. The second-order valence-electron chi connectivity index (χ2n) is 7.36. The number of benzene rings is 1. The number of nitrogens with one attached hydrogen (secondary N) is 1. The first-order valence-corrected chi connectivity index (χ1v) is 9.36. The predicted molar refractivity (Wildman–Crippen MR) is 102 cm³/mol. The molecule has 1 aliphatic rings. The van der Waals surface area contributed by atoms with Gasteiger partial charge in [-0.05, 0) is 74.6 Å². The van der Waals surface area contributed by atoms with Crippen LogP contribution in [0, 0.1) is 0 Å². The fourth-order valence-corrected chi connectivity index (χ4v) is 4.16. The number of carbonyl (C=O) groups is 2. The summed E-state index contributed by atoms with van der Waals surface area (Å²) in [4.78, 5) is 25.8. The Morgan fingerprint density at radius 1 is 1.15 bits per heavy atom. The number of fused-ring (bicyclic) bond motifs is 3. The van der Waals surface area contributed by atoms with E-state index in [0.29, 0.717) is 4.88 Å². The van der Waals surface area contributed by atoms with E-state index in [2.05, 4.69) is 5.32 Å². The van der Waals surface area contributed by atoms with Crippen LogP contribution in [0.1, 0.15) is 41.6 Å². The van der Waals surface area contributed by atoms with Gasteiger partial charge in [0.25, 0.3) is 5.91 Å². The van der Waals surface area contributed by atoms with Crippen molar-refractivity contribution < 1.29 is 19.1 Å². The second-order valence-corrected chi connectivity index (χ2v) is 8.41. The number of esters is 1. The number of aryl methyl sites for hydroxylation is 2. The van der Waals surface area contributed by atoms with Gasteiger partial charge in [-0.1, -0.05) is 0 Å². The molecule has 3 rings (SSSR count). The third kappa shape index (κ3) is 4.07. The van der Waals surface area contributed by atoms with Crippen LogP contribution in [-0.4, -0.2) is 31.1 Å². The van der Waals surface area contributed by atoms with Gasteiger partial charge in [0.15, 0.2) is 6.61 Å². The zero-order valence-electron chi connectivity index (χ0n) is 15.5. The molecule has 1 aromatic carbocycles. The fraction of sp³-hybridized carbons (Fsp3) is 0.400. The van der Waals surface area contributed by atoms with Crippen LogP contribution >= 0.6 is 11.3 Å². The van der Waals surface area contributed by atoms with Gasteiger partial charge in [-0.3, -0.25) is 4.79 Å². The summed E-state index contributed by atoms with van der Waals surface area (Å²) in [6, 6.07) is 7.90. The molecule has 0 saturated heterocycles. The molecule has 1 N–H and O–H groups in total. The van der Waals surface area contributed by atoms with E-state index >= 15 is 0 Å². The van der Waals surface area contributed by atoms with Crippen molar-refractivity contribution in [2.75, 3.05) is 13.7 Å². The largest absolute Gasteiger partial charge is 0.497 e. The molecule has 0 atom stereocenters. The summed E-state index contributed by atoms with van der Waals surface area (Å²) in [5.74, 6) is 0.0846. The number of ether oxygens (including phenoxy) is 2. The van der Waals surface area contributed by atoms with Gasteiger partial charge in [0.1, 0.15) is 10.6 Å². The summed E-state index contributed by atoms with van der Waals surface area (Å²) >= 11 is 1.42. The second kappa shape index (κ2) is 7.11. The molecule has 138 valence electrons. The Morgan fingerprint density at radius 2 is 1.88 bits per heavy atom. The molecular weight excluding hydrogens is 350 g/mol.